The number of rotatable bonds is 3. The molecule has 6 nitrogen and oxygen atoms in total. The zero-order chi connectivity index (χ0) is 18.3. The molecular formula is C20H26N6. The number of hydrogen-bond acceptors (Lipinski definition) is 5. The Labute approximate surface area is 153 Å². The number of hydrogen-bond donors (Lipinski definition) is 3. The van der Waals surface area contributed by atoms with Crippen molar-refractivity contribution in [3.63, 3.8) is 0 Å². The van der Waals surface area contributed by atoms with E-state index < -0.39 is 0 Å². The number of imidazole rings is 1. The van der Waals surface area contributed by atoms with Gasteiger partial charge in [-0.25, -0.2) is 9.50 Å². The van der Waals surface area contributed by atoms with Gasteiger partial charge in [-0.2, -0.15) is 0 Å². The average molecular weight is 350 g/mol. The van der Waals surface area contributed by atoms with Crippen LogP contribution in [-0.2, 0) is 0 Å². The average Bonchev–Trinajstić information content (AvgIpc) is 3.04. The summed E-state index contributed by atoms with van der Waals surface area (Å²) in [5, 5.41) is 8.29. The van der Waals surface area contributed by atoms with Crippen LogP contribution in [0.5, 0.6) is 0 Å². The number of aryl methyl sites for hydroxylation is 2. The van der Waals surface area contributed by atoms with Gasteiger partial charge in [-0.1, -0.05) is 6.07 Å². The van der Waals surface area contributed by atoms with Crippen molar-refractivity contribution in [1.82, 2.24) is 14.6 Å². The molecule has 0 radical (unpaired) electrons. The van der Waals surface area contributed by atoms with Crippen LogP contribution in [0, 0.1) is 13.8 Å². The summed E-state index contributed by atoms with van der Waals surface area (Å²) in [5.74, 6) is 1.18. The van der Waals surface area contributed by atoms with Crippen molar-refractivity contribution in [2.24, 2.45) is 5.73 Å². The maximum absolute atomic E-state index is 6.55. The third-order valence-electron chi connectivity index (χ3n) is 5.28. The Bertz CT molecular complexity index is 917. The predicted octanol–water partition coefficient (Wildman–Crippen LogP) is 3.66. The fourth-order valence-corrected chi connectivity index (χ4v) is 4.08. The van der Waals surface area contributed by atoms with Crippen molar-refractivity contribution in [3.8, 4) is 0 Å². The standard InChI is InChI=1S/C20H26N6/c1-12-9-13(2)11-16(10-12)24-19-17(14-3-5-15(21)6-4-14)18(22)20-23-7-8-26(20)25-19/h7-11,14-15H,3-6,21-22H2,1-2H3,(H,24,25)/t14-,15-. The van der Waals surface area contributed by atoms with Gasteiger partial charge in [-0.05, 0) is 68.7 Å². The van der Waals surface area contributed by atoms with Gasteiger partial charge in [-0.15, -0.1) is 5.10 Å². The molecule has 0 amide bonds. The van der Waals surface area contributed by atoms with Crippen molar-refractivity contribution in [1.29, 1.82) is 0 Å². The third kappa shape index (κ3) is 3.12. The lowest BCUT2D eigenvalue weighted by Crippen LogP contribution is -2.26. The summed E-state index contributed by atoms with van der Waals surface area (Å²) in [4.78, 5) is 4.39. The number of nitrogens with two attached hydrogens (primary N) is 2. The molecular weight excluding hydrogens is 324 g/mol. The SMILES string of the molecule is Cc1cc(C)cc(Nc2nn3ccnc3c(N)c2[C@H]2CC[C@H](N)CC2)c1. The zero-order valence-corrected chi connectivity index (χ0v) is 15.4. The fraction of sp³-hybridized carbons (Fsp3) is 0.400. The molecule has 0 aliphatic heterocycles. The van der Waals surface area contributed by atoms with Gasteiger partial charge in [0.05, 0.1) is 5.69 Å². The molecule has 0 saturated heterocycles. The van der Waals surface area contributed by atoms with E-state index in [1.54, 1.807) is 10.7 Å². The summed E-state index contributed by atoms with van der Waals surface area (Å²) >= 11 is 0. The van der Waals surface area contributed by atoms with Crippen LogP contribution < -0.4 is 16.8 Å². The van der Waals surface area contributed by atoms with Crippen LogP contribution in [0.15, 0.2) is 30.6 Å². The van der Waals surface area contributed by atoms with Crippen molar-refractivity contribution in [2.75, 3.05) is 11.1 Å². The number of aromatic nitrogens is 3. The van der Waals surface area contributed by atoms with E-state index in [1.165, 1.54) is 11.1 Å². The van der Waals surface area contributed by atoms with Crippen LogP contribution in [-0.4, -0.2) is 20.6 Å². The topological polar surface area (TPSA) is 94.3 Å². The smallest absolute Gasteiger partial charge is 0.177 e. The summed E-state index contributed by atoms with van der Waals surface area (Å²) in [6.07, 6.45) is 7.68. The highest BCUT2D eigenvalue weighted by atomic mass is 15.3. The van der Waals surface area contributed by atoms with Crippen LogP contribution in [0.1, 0.15) is 48.3 Å². The molecule has 6 heteroatoms. The van der Waals surface area contributed by atoms with Crippen molar-refractivity contribution < 1.29 is 0 Å². The maximum atomic E-state index is 6.55. The molecule has 136 valence electrons. The number of anilines is 3. The van der Waals surface area contributed by atoms with Crippen LogP contribution in [0.3, 0.4) is 0 Å². The number of nitrogen functional groups attached to an aromatic ring is 1. The summed E-state index contributed by atoms with van der Waals surface area (Å²) in [6.45, 7) is 4.20. The highest BCUT2D eigenvalue weighted by Crippen LogP contribution is 2.40. The number of nitrogens with zero attached hydrogens (tertiary/aromatic N) is 3. The van der Waals surface area contributed by atoms with Gasteiger partial charge in [0.2, 0.25) is 0 Å². The van der Waals surface area contributed by atoms with E-state index in [-0.39, 0.29) is 0 Å². The first kappa shape index (κ1) is 16.8. The first-order valence-electron chi connectivity index (χ1n) is 9.25. The molecule has 4 rings (SSSR count). The quantitative estimate of drug-likeness (QED) is 0.670. The molecule has 1 aliphatic carbocycles. The van der Waals surface area contributed by atoms with E-state index in [2.05, 4.69) is 42.3 Å². The summed E-state index contributed by atoms with van der Waals surface area (Å²) in [7, 11) is 0. The Morgan fingerprint density at radius 1 is 1.08 bits per heavy atom. The second-order valence-corrected chi connectivity index (χ2v) is 7.48. The molecule has 0 unspecified atom stereocenters. The first-order chi connectivity index (χ1) is 12.5. The van der Waals surface area contributed by atoms with Gasteiger partial charge in [-0.3, -0.25) is 0 Å². The third-order valence-corrected chi connectivity index (χ3v) is 5.28. The normalized spacial score (nSPS) is 20.4. The Morgan fingerprint density at radius 3 is 2.46 bits per heavy atom. The highest BCUT2D eigenvalue weighted by molar-refractivity contribution is 5.76. The Hall–Kier alpha value is -2.60. The highest BCUT2D eigenvalue weighted by Gasteiger charge is 2.27. The van der Waals surface area contributed by atoms with E-state index in [0.29, 0.717) is 12.0 Å². The Morgan fingerprint density at radius 2 is 1.77 bits per heavy atom. The summed E-state index contributed by atoms with van der Waals surface area (Å²) < 4.78 is 1.75. The van der Waals surface area contributed by atoms with Crippen molar-refractivity contribution in [3.05, 3.63) is 47.3 Å². The predicted molar refractivity (Wildman–Crippen MR) is 106 cm³/mol. The number of fused-ring (bicyclic) bond motifs is 1. The van der Waals surface area contributed by atoms with E-state index in [4.69, 9.17) is 16.6 Å². The molecule has 0 bridgehead atoms. The summed E-state index contributed by atoms with van der Waals surface area (Å²) in [5.41, 5.74) is 18.6. The molecule has 0 spiro atoms. The van der Waals surface area contributed by atoms with Crippen molar-refractivity contribution in [2.45, 2.75) is 51.5 Å². The lowest BCUT2D eigenvalue weighted by atomic mass is 9.81. The molecule has 1 aromatic carbocycles. The van der Waals surface area contributed by atoms with Crippen LogP contribution in [0.4, 0.5) is 17.2 Å². The molecule has 3 aromatic rings. The van der Waals surface area contributed by atoms with Gasteiger partial charge >= 0.3 is 0 Å². The monoisotopic (exact) mass is 350 g/mol. The number of nitrogens with one attached hydrogen (secondary N) is 1. The minimum Gasteiger partial charge on any atom is -0.395 e. The van der Waals surface area contributed by atoms with Gasteiger partial charge in [0, 0.05) is 29.7 Å². The molecule has 2 heterocycles. The largest absolute Gasteiger partial charge is 0.395 e. The van der Waals surface area contributed by atoms with Gasteiger partial charge < -0.3 is 16.8 Å². The van der Waals surface area contributed by atoms with Crippen molar-refractivity contribution >= 4 is 22.8 Å². The minimum absolute atomic E-state index is 0.298. The van der Waals surface area contributed by atoms with E-state index in [1.807, 2.05) is 6.20 Å². The van der Waals surface area contributed by atoms with Gasteiger partial charge in [0.1, 0.15) is 0 Å². The molecule has 5 N–H and O–H groups in total. The van der Waals surface area contributed by atoms with E-state index in [0.717, 1.165) is 54.1 Å². The second kappa shape index (κ2) is 6.61. The first-order valence-corrected chi connectivity index (χ1v) is 9.25. The number of benzene rings is 1. The molecule has 0 atom stereocenters. The van der Waals surface area contributed by atoms with Gasteiger partial charge in [0.25, 0.3) is 0 Å². The van der Waals surface area contributed by atoms with Crippen LogP contribution in [0.2, 0.25) is 0 Å². The van der Waals surface area contributed by atoms with E-state index in [9.17, 15) is 0 Å². The molecule has 2 aromatic heterocycles. The molecule has 1 fully saturated rings. The van der Waals surface area contributed by atoms with Gasteiger partial charge in [0.15, 0.2) is 11.5 Å². The molecule has 1 saturated carbocycles. The molecule has 1 aliphatic rings. The minimum atomic E-state index is 0.298. The van der Waals surface area contributed by atoms with Crippen LogP contribution in [0.25, 0.3) is 5.65 Å². The maximum Gasteiger partial charge on any atom is 0.177 e. The lowest BCUT2D eigenvalue weighted by molar-refractivity contribution is 0.396. The second-order valence-electron chi connectivity index (χ2n) is 7.48. The fourth-order valence-electron chi connectivity index (χ4n) is 4.08. The van der Waals surface area contributed by atoms with Crippen LogP contribution >= 0.6 is 0 Å². The Balaban J connectivity index is 1.80. The zero-order valence-electron chi connectivity index (χ0n) is 15.4. The van der Waals surface area contributed by atoms with E-state index >= 15 is 0 Å². The lowest BCUT2D eigenvalue weighted by Gasteiger charge is -2.28. The Kier molecular flexibility index (Phi) is 4.28. The molecule has 26 heavy (non-hydrogen) atoms. The summed E-state index contributed by atoms with van der Waals surface area (Å²) in [6, 6.07) is 6.72.